The number of hydrogen-bond donors (Lipinski definition) is 0. The molecule has 0 N–H and O–H groups in total. The summed E-state index contributed by atoms with van der Waals surface area (Å²) in [6.45, 7) is 1.05. The molecule has 0 atom stereocenters. The summed E-state index contributed by atoms with van der Waals surface area (Å²) in [5.74, 6) is 0.923. The van der Waals surface area contributed by atoms with Crippen LogP contribution in [0.3, 0.4) is 0 Å². The summed E-state index contributed by atoms with van der Waals surface area (Å²) >= 11 is 0. The van der Waals surface area contributed by atoms with E-state index in [0.29, 0.717) is 30.6 Å². The van der Waals surface area contributed by atoms with Gasteiger partial charge in [-0.3, -0.25) is 4.79 Å². The van der Waals surface area contributed by atoms with Gasteiger partial charge in [-0.1, -0.05) is 17.3 Å². The van der Waals surface area contributed by atoms with Gasteiger partial charge in [0.2, 0.25) is 23.4 Å². The fourth-order valence-electron chi connectivity index (χ4n) is 2.63. The van der Waals surface area contributed by atoms with Gasteiger partial charge in [0.05, 0.1) is 12.3 Å². The number of benzene rings is 1. The molecule has 1 amide bonds. The van der Waals surface area contributed by atoms with E-state index >= 15 is 0 Å². The Hall–Kier alpha value is -3.16. The Morgan fingerprint density at radius 3 is 2.60 bits per heavy atom. The van der Waals surface area contributed by atoms with Crippen LogP contribution in [0.4, 0.5) is 4.39 Å². The van der Waals surface area contributed by atoms with Crippen molar-refractivity contribution in [1.29, 1.82) is 0 Å². The van der Waals surface area contributed by atoms with Crippen molar-refractivity contribution in [2.24, 2.45) is 0 Å². The average Bonchev–Trinajstić information content (AvgIpc) is 3.06. The highest BCUT2D eigenvalue weighted by atomic mass is 19.1. The van der Waals surface area contributed by atoms with Crippen LogP contribution in [-0.4, -0.2) is 44.0 Å². The van der Waals surface area contributed by atoms with Gasteiger partial charge in [-0.15, -0.1) is 0 Å². The Labute approximate surface area is 142 Å². The lowest BCUT2D eigenvalue weighted by Crippen LogP contribution is -2.49. The monoisotopic (exact) mass is 339 g/mol. The summed E-state index contributed by atoms with van der Waals surface area (Å²) in [5, 5.41) is 3.89. The number of hydrogen-bond acceptors (Lipinski definition) is 6. The SMILES string of the molecule is O=C(Cc1ccc(F)cc1)N1CC(c2nc(-c3ncccn3)no2)C1. The fourth-order valence-corrected chi connectivity index (χ4v) is 2.63. The number of carbonyl (C=O) groups is 1. The van der Waals surface area contributed by atoms with E-state index in [1.807, 2.05) is 0 Å². The predicted octanol–water partition coefficient (Wildman–Crippen LogP) is 1.83. The van der Waals surface area contributed by atoms with E-state index < -0.39 is 0 Å². The van der Waals surface area contributed by atoms with Crippen molar-refractivity contribution in [3.63, 3.8) is 0 Å². The van der Waals surface area contributed by atoms with Crippen molar-refractivity contribution in [2.75, 3.05) is 13.1 Å². The van der Waals surface area contributed by atoms with E-state index in [9.17, 15) is 9.18 Å². The van der Waals surface area contributed by atoms with Gasteiger partial charge in [0.15, 0.2) is 0 Å². The van der Waals surface area contributed by atoms with Gasteiger partial charge >= 0.3 is 0 Å². The molecule has 1 aromatic carbocycles. The minimum absolute atomic E-state index is 0.00557. The van der Waals surface area contributed by atoms with Gasteiger partial charge in [-0.2, -0.15) is 4.98 Å². The third kappa shape index (κ3) is 3.23. The Kier molecular flexibility index (Phi) is 3.93. The third-order valence-electron chi connectivity index (χ3n) is 4.06. The topological polar surface area (TPSA) is 85.0 Å². The van der Waals surface area contributed by atoms with E-state index in [1.54, 1.807) is 35.5 Å². The summed E-state index contributed by atoms with van der Waals surface area (Å²) in [6.07, 6.45) is 3.47. The largest absolute Gasteiger partial charge is 0.341 e. The van der Waals surface area contributed by atoms with E-state index in [2.05, 4.69) is 20.1 Å². The summed E-state index contributed by atoms with van der Waals surface area (Å²) in [4.78, 5) is 26.4. The molecule has 1 fully saturated rings. The molecule has 0 radical (unpaired) electrons. The highest BCUT2D eigenvalue weighted by Crippen LogP contribution is 2.27. The standard InChI is InChI=1S/C17H14FN5O2/c18-13-4-2-11(3-5-13)8-14(24)23-9-12(10-23)17-21-16(22-25-17)15-19-6-1-7-20-15/h1-7,12H,8-10H2. The zero-order chi connectivity index (χ0) is 17.2. The molecule has 0 bridgehead atoms. The molecule has 1 aliphatic heterocycles. The Balaban J connectivity index is 1.35. The highest BCUT2D eigenvalue weighted by molar-refractivity contribution is 5.79. The van der Waals surface area contributed by atoms with Crippen LogP contribution in [0, 0.1) is 5.82 Å². The molecule has 126 valence electrons. The number of amides is 1. The summed E-state index contributed by atoms with van der Waals surface area (Å²) in [5.41, 5.74) is 0.788. The van der Waals surface area contributed by atoms with Crippen molar-refractivity contribution in [3.8, 4) is 11.6 Å². The molecule has 25 heavy (non-hydrogen) atoms. The number of aromatic nitrogens is 4. The minimum atomic E-state index is -0.310. The van der Waals surface area contributed by atoms with Crippen LogP contribution < -0.4 is 0 Å². The lowest BCUT2D eigenvalue weighted by atomic mass is 9.99. The van der Waals surface area contributed by atoms with Crippen LogP contribution in [0.5, 0.6) is 0 Å². The number of carbonyl (C=O) groups excluding carboxylic acids is 1. The van der Waals surface area contributed by atoms with Crippen LogP contribution in [-0.2, 0) is 11.2 Å². The van der Waals surface area contributed by atoms with Crippen molar-refractivity contribution in [2.45, 2.75) is 12.3 Å². The van der Waals surface area contributed by atoms with Gasteiger partial charge in [-0.25, -0.2) is 14.4 Å². The molecule has 1 aliphatic rings. The molecule has 0 aliphatic carbocycles. The van der Waals surface area contributed by atoms with Crippen LogP contribution in [0.15, 0.2) is 47.2 Å². The first-order valence-corrected chi connectivity index (χ1v) is 7.82. The predicted molar refractivity (Wildman–Crippen MR) is 84.7 cm³/mol. The Bertz CT molecular complexity index is 876. The molecule has 0 unspecified atom stereocenters. The number of nitrogens with zero attached hydrogens (tertiary/aromatic N) is 5. The van der Waals surface area contributed by atoms with Crippen molar-refractivity contribution in [1.82, 2.24) is 25.0 Å². The molecule has 1 saturated heterocycles. The van der Waals surface area contributed by atoms with Crippen molar-refractivity contribution in [3.05, 3.63) is 60.0 Å². The maximum Gasteiger partial charge on any atom is 0.240 e. The molecule has 3 aromatic rings. The lowest BCUT2D eigenvalue weighted by molar-refractivity contribution is -0.135. The van der Waals surface area contributed by atoms with E-state index in [-0.39, 0.29) is 24.1 Å². The van der Waals surface area contributed by atoms with E-state index in [4.69, 9.17) is 4.52 Å². The molecule has 3 heterocycles. The first kappa shape index (κ1) is 15.4. The van der Waals surface area contributed by atoms with Crippen molar-refractivity contribution < 1.29 is 13.7 Å². The van der Waals surface area contributed by atoms with Crippen LogP contribution in [0.25, 0.3) is 11.6 Å². The number of halogens is 1. The first-order chi connectivity index (χ1) is 12.2. The zero-order valence-electron chi connectivity index (χ0n) is 13.2. The maximum absolute atomic E-state index is 12.9. The number of rotatable bonds is 4. The summed E-state index contributed by atoms with van der Waals surface area (Å²) in [6, 6.07) is 7.66. The zero-order valence-corrected chi connectivity index (χ0v) is 13.2. The molecule has 4 rings (SSSR count). The lowest BCUT2D eigenvalue weighted by Gasteiger charge is -2.37. The summed E-state index contributed by atoms with van der Waals surface area (Å²) in [7, 11) is 0. The van der Waals surface area contributed by atoms with E-state index in [0.717, 1.165) is 5.56 Å². The van der Waals surface area contributed by atoms with Gasteiger partial charge in [0.1, 0.15) is 5.82 Å². The van der Waals surface area contributed by atoms with E-state index in [1.165, 1.54) is 12.1 Å². The Morgan fingerprint density at radius 2 is 1.88 bits per heavy atom. The molecule has 7 nitrogen and oxygen atoms in total. The molecule has 0 saturated carbocycles. The number of likely N-dealkylation sites (tertiary alicyclic amines) is 1. The molecular formula is C17H14FN5O2. The third-order valence-corrected chi connectivity index (χ3v) is 4.06. The molecule has 8 heteroatoms. The molecular weight excluding hydrogens is 325 g/mol. The first-order valence-electron chi connectivity index (χ1n) is 7.82. The maximum atomic E-state index is 12.9. The van der Waals surface area contributed by atoms with Crippen LogP contribution >= 0.6 is 0 Å². The quantitative estimate of drug-likeness (QED) is 0.721. The second kappa shape index (κ2) is 6.39. The summed E-state index contributed by atoms with van der Waals surface area (Å²) < 4.78 is 18.2. The second-order valence-electron chi connectivity index (χ2n) is 5.83. The van der Waals surface area contributed by atoms with Gasteiger partial charge in [0.25, 0.3) is 0 Å². The highest BCUT2D eigenvalue weighted by Gasteiger charge is 2.35. The normalized spacial score (nSPS) is 14.4. The fraction of sp³-hybridized carbons (Fsp3) is 0.235. The van der Waals surface area contributed by atoms with Crippen LogP contribution in [0.2, 0.25) is 0 Å². The smallest absolute Gasteiger partial charge is 0.240 e. The van der Waals surface area contributed by atoms with Crippen molar-refractivity contribution >= 4 is 5.91 Å². The second-order valence-corrected chi connectivity index (χ2v) is 5.83. The van der Waals surface area contributed by atoms with Crippen LogP contribution in [0.1, 0.15) is 17.4 Å². The average molecular weight is 339 g/mol. The minimum Gasteiger partial charge on any atom is -0.341 e. The Morgan fingerprint density at radius 1 is 1.16 bits per heavy atom. The molecule has 0 spiro atoms. The van der Waals surface area contributed by atoms with Gasteiger partial charge < -0.3 is 9.42 Å². The van der Waals surface area contributed by atoms with Gasteiger partial charge in [0, 0.05) is 25.5 Å². The van der Waals surface area contributed by atoms with Gasteiger partial charge in [-0.05, 0) is 23.8 Å². The molecule has 2 aromatic heterocycles.